The Morgan fingerprint density at radius 2 is 2.13 bits per heavy atom. The largest absolute Gasteiger partial charge is 0.456 e. The molecule has 0 bridgehead atoms. The third-order valence-electron chi connectivity index (χ3n) is 1.71. The van der Waals surface area contributed by atoms with Gasteiger partial charge in [-0.2, -0.15) is 0 Å². The van der Waals surface area contributed by atoms with E-state index in [-0.39, 0.29) is 0 Å². The summed E-state index contributed by atoms with van der Waals surface area (Å²) in [6.45, 7) is 6.96. The van der Waals surface area contributed by atoms with Crippen molar-refractivity contribution in [3.05, 3.63) is 23.9 Å². The molecule has 1 unspecified atom stereocenters. The zero-order valence-corrected chi connectivity index (χ0v) is 9.50. The number of rotatable bonds is 1. The van der Waals surface area contributed by atoms with Gasteiger partial charge < -0.3 is 15.2 Å². The van der Waals surface area contributed by atoms with Crippen LogP contribution in [0.2, 0.25) is 0 Å². The van der Waals surface area contributed by atoms with E-state index in [1.165, 1.54) is 12.3 Å². The molecule has 0 radical (unpaired) electrons. The van der Waals surface area contributed by atoms with Crippen LogP contribution in [-0.2, 0) is 9.53 Å². The van der Waals surface area contributed by atoms with E-state index in [2.05, 4.69) is 5.32 Å². The van der Waals surface area contributed by atoms with Crippen molar-refractivity contribution in [1.29, 1.82) is 0 Å². The molecule has 4 nitrogen and oxygen atoms in total. The van der Waals surface area contributed by atoms with Gasteiger partial charge in [-0.1, -0.05) is 0 Å². The van der Waals surface area contributed by atoms with Gasteiger partial charge in [0.15, 0.2) is 5.72 Å². The Morgan fingerprint density at radius 1 is 1.53 bits per heavy atom. The molecule has 0 aromatic rings. The summed E-state index contributed by atoms with van der Waals surface area (Å²) in [5.74, 6) is -0.430. The minimum atomic E-state index is -1.19. The minimum absolute atomic E-state index is 0.355. The molecular weight excluding hydrogens is 194 g/mol. The molecule has 0 fully saturated rings. The third kappa shape index (κ3) is 3.75. The molecule has 0 spiro atoms. The van der Waals surface area contributed by atoms with Crippen LogP contribution in [0.3, 0.4) is 0 Å². The van der Waals surface area contributed by atoms with E-state index in [1.807, 2.05) is 0 Å². The van der Waals surface area contributed by atoms with Gasteiger partial charge in [0.05, 0.1) is 5.57 Å². The maximum atomic E-state index is 11.6. The minimum Gasteiger partial charge on any atom is -0.456 e. The van der Waals surface area contributed by atoms with Crippen LogP contribution in [0.15, 0.2) is 23.9 Å². The second-order valence-electron chi connectivity index (χ2n) is 4.73. The maximum absolute atomic E-state index is 11.6. The molecule has 2 N–H and O–H groups in total. The van der Waals surface area contributed by atoms with Crippen molar-refractivity contribution in [2.75, 3.05) is 0 Å². The van der Waals surface area contributed by atoms with E-state index < -0.39 is 17.3 Å². The predicted molar refractivity (Wildman–Crippen MR) is 56.8 cm³/mol. The first-order chi connectivity index (χ1) is 6.70. The van der Waals surface area contributed by atoms with Gasteiger partial charge in [-0.05, 0) is 46.0 Å². The van der Waals surface area contributed by atoms with Crippen LogP contribution in [-0.4, -0.2) is 22.4 Å². The van der Waals surface area contributed by atoms with Gasteiger partial charge in [-0.25, -0.2) is 4.79 Å². The van der Waals surface area contributed by atoms with Crippen LogP contribution in [0.5, 0.6) is 0 Å². The fourth-order valence-electron chi connectivity index (χ4n) is 1.16. The molecule has 1 heterocycles. The van der Waals surface area contributed by atoms with E-state index in [0.717, 1.165) is 0 Å². The molecule has 0 aromatic heterocycles. The SMILES string of the molecule is CC1(O)C=C(C(=O)OC(C)(C)C)C=CN1. The molecule has 0 saturated heterocycles. The number of esters is 1. The van der Waals surface area contributed by atoms with E-state index in [9.17, 15) is 9.90 Å². The Bertz CT molecular complexity index is 321. The lowest BCUT2D eigenvalue weighted by molar-refractivity contribution is -0.149. The smallest absolute Gasteiger partial charge is 0.338 e. The molecule has 1 rings (SSSR count). The highest BCUT2D eigenvalue weighted by Crippen LogP contribution is 2.16. The molecule has 0 saturated carbocycles. The Kier molecular flexibility index (Phi) is 2.90. The summed E-state index contributed by atoms with van der Waals surface area (Å²) in [6.07, 6.45) is 4.53. The van der Waals surface area contributed by atoms with Gasteiger partial charge in [-0.3, -0.25) is 0 Å². The summed E-state index contributed by atoms with van der Waals surface area (Å²) < 4.78 is 5.17. The quantitative estimate of drug-likeness (QED) is 0.637. The second-order valence-corrected chi connectivity index (χ2v) is 4.73. The fourth-order valence-corrected chi connectivity index (χ4v) is 1.16. The Hall–Kier alpha value is -1.29. The molecule has 4 heteroatoms. The second kappa shape index (κ2) is 3.70. The normalized spacial score (nSPS) is 25.5. The molecule has 0 aliphatic carbocycles. The highest BCUT2D eigenvalue weighted by atomic mass is 16.6. The average Bonchev–Trinajstić information content (AvgIpc) is 1.99. The molecule has 0 aromatic carbocycles. The standard InChI is InChI=1S/C11H17NO3/c1-10(2,3)15-9(13)8-5-6-12-11(4,14)7-8/h5-7,12,14H,1-4H3. The topological polar surface area (TPSA) is 58.6 Å². The lowest BCUT2D eigenvalue weighted by Crippen LogP contribution is -2.39. The van der Waals surface area contributed by atoms with Crippen LogP contribution >= 0.6 is 0 Å². The summed E-state index contributed by atoms with van der Waals surface area (Å²) in [7, 11) is 0. The molecular formula is C11H17NO3. The van der Waals surface area contributed by atoms with Crippen molar-refractivity contribution >= 4 is 5.97 Å². The van der Waals surface area contributed by atoms with Crippen molar-refractivity contribution in [3.63, 3.8) is 0 Å². The van der Waals surface area contributed by atoms with E-state index in [4.69, 9.17) is 4.74 Å². The van der Waals surface area contributed by atoms with Crippen LogP contribution in [0.1, 0.15) is 27.7 Å². The van der Waals surface area contributed by atoms with Crippen molar-refractivity contribution in [2.24, 2.45) is 0 Å². The summed E-state index contributed by atoms with van der Waals surface area (Å²) in [4.78, 5) is 11.6. The number of carbonyl (C=O) groups is 1. The zero-order chi connectivity index (χ0) is 11.7. The monoisotopic (exact) mass is 211 g/mol. The summed E-state index contributed by atoms with van der Waals surface area (Å²) in [5, 5.41) is 12.3. The van der Waals surface area contributed by atoms with Crippen LogP contribution in [0, 0.1) is 0 Å². The Labute approximate surface area is 89.6 Å². The van der Waals surface area contributed by atoms with Crippen LogP contribution < -0.4 is 5.32 Å². The molecule has 1 aliphatic rings. The summed E-state index contributed by atoms with van der Waals surface area (Å²) in [5.41, 5.74) is -1.36. The fraction of sp³-hybridized carbons (Fsp3) is 0.545. The highest BCUT2D eigenvalue weighted by Gasteiger charge is 2.24. The van der Waals surface area contributed by atoms with Gasteiger partial charge in [0.2, 0.25) is 0 Å². The van der Waals surface area contributed by atoms with Crippen LogP contribution in [0.4, 0.5) is 0 Å². The first kappa shape index (κ1) is 11.8. The number of aliphatic hydroxyl groups is 1. The van der Waals surface area contributed by atoms with Gasteiger partial charge >= 0.3 is 5.97 Å². The molecule has 1 atom stereocenters. The number of hydrogen-bond acceptors (Lipinski definition) is 4. The molecule has 84 valence electrons. The Balaban J connectivity index is 2.77. The van der Waals surface area contributed by atoms with Crippen molar-refractivity contribution in [1.82, 2.24) is 5.32 Å². The molecule has 15 heavy (non-hydrogen) atoms. The predicted octanol–water partition coefficient (Wildman–Crippen LogP) is 1.08. The van der Waals surface area contributed by atoms with Crippen molar-refractivity contribution < 1.29 is 14.6 Å². The lowest BCUT2D eigenvalue weighted by atomic mass is 10.1. The van der Waals surface area contributed by atoms with Crippen molar-refractivity contribution in [2.45, 2.75) is 39.0 Å². The average molecular weight is 211 g/mol. The first-order valence-electron chi connectivity index (χ1n) is 4.82. The van der Waals surface area contributed by atoms with Gasteiger partial charge in [0.25, 0.3) is 0 Å². The van der Waals surface area contributed by atoms with Crippen molar-refractivity contribution in [3.8, 4) is 0 Å². The number of carbonyl (C=O) groups excluding carboxylic acids is 1. The van der Waals surface area contributed by atoms with Gasteiger partial charge in [0, 0.05) is 0 Å². The summed E-state index contributed by atoms with van der Waals surface area (Å²) >= 11 is 0. The Morgan fingerprint density at radius 3 is 2.60 bits per heavy atom. The number of nitrogens with one attached hydrogen (secondary N) is 1. The lowest BCUT2D eigenvalue weighted by Gasteiger charge is -2.25. The maximum Gasteiger partial charge on any atom is 0.338 e. The van der Waals surface area contributed by atoms with Crippen LogP contribution in [0.25, 0.3) is 0 Å². The van der Waals surface area contributed by atoms with E-state index in [0.29, 0.717) is 5.57 Å². The zero-order valence-electron chi connectivity index (χ0n) is 9.50. The third-order valence-corrected chi connectivity index (χ3v) is 1.71. The number of hydrogen-bond donors (Lipinski definition) is 2. The first-order valence-corrected chi connectivity index (χ1v) is 4.82. The summed E-state index contributed by atoms with van der Waals surface area (Å²) in [6, 6.07) is 0. The van der Waals surface area contributed by atoms with Gasteiger partial charge in [0.1, 0.15) is 5.60 Å². The molecule has 0 amide bonds. The van der Waals surface area contributed by atoms with E-state index in [1.54, 1.807) is 33.8 Å². The van der Waals surface area contributed by atoms with Gasteiger partial charge in [-0.15, -0.1) is 0 Å². The number of ether oxygens (including phenoxy) is 1. The highest BCUT2D eigenvalue weighted by molar-refractivity contribution is 5.92. The van der Waals surface area contributed by atoms with E-state index >= 15 is 0 Å². The molecule has 1 aliphatic heterocycles. The number of dihydropyridines is 1.